The highest BCUT2D eigenvalue weighted by Crippen LogP contribution is 2.34. The van der Waals surface area contributed by atoms with Gasteiger partial charge in [-0.15, -0.1) is 0 Å². The van der Waals surface area contributed by atoms with Crippen LogP contribution in [0.3, 0.4) is 0 Å². The third-order valence-corrected chi connectivity index (χ3v) is 4.69. The number of nitrogens with two attached hydrogens (primary N) is 1. The second-order valence-electron chi connectivity index (χ2n) is 5.85. The normalized spacial score (nSPS) is 12.4. The number of nitrogens with zero attached hydrogens (tertiary/aromatic N) is 2. The van der Waals surface area contributed by atoms with Crippen molar-refractivity contribution in [3.05, 3.63) is 65.7 Å². The van der Waals surface area contributed by atoms with Gasteiger partial charge in [-0.2, -0.15) is 13.2 Å². The molecule has 0 atom stereocenters. The van der Waals surface area contributed by atoms with E-state index in [1.807, 2.05) is 0 Å². The molecule has 1 aromatic heterocycles. The predicted octanol–water partition coefficient (Wildman–Crippen LogP) is 3.65. The number of alkyl halides is 3. The van der Waals surface area contributed by atoms with Gasteiger partial charge >= 0.3 is 6.18 Å². The molecule has 0 amide bonds. The van der Waals surface area contributed by atoms with E-state index in [9.17, 15) is 26.0 Å². The largest absolute Gasteiger partial charge is 0.434 e. The Balaban J connectivity index is 2.36. The van der Waals surface area contributed by atoms with Crippen molar-refractivity contribution in [1.82, 2.24) is 9.55 Å². The summed E-state index contributed by atoms with van der Waals surface area (Å²) >= 11 is 0. The van der Waals surface area contributed by atoms with Gasteiger partial charge in [0.05, 0.1) is 5.69 Å². The molecule has 0 radical (unpaired) electrons. The van der Waals surface area contributed by atoms with E-state index >= 15 is 0 Å². The quantitative estimate of drug-likeness (QED) is 0.683. The highest BCUT2D eigenvalue weighted by Gasteiger charge is 2.35. The average molecular weight is 399 g/mol. The molecule has 10 heteroatoms. The summed E-state index contributed by atoms with van der Waals surface area (Å²) in [6.45, 7) is 1.57. The molecular weight excluding hydrogens is 386 g/mol. The number of benzene rings is 2. The molecule has 27 heavy (non-hydrogen) atoms. The van der Waals surface area contributed by atoms with Crippen LogP contribution in [0.2, 0.25) is 0 Å². The van der Waals surface area contributed by atoms with E-state index in [0.717, 1.165) is 10.6 Å². The highest BCUT2D eigenvalue weighted by molar-refractivity contribution is 7.89. The van der Waals surface area contributed by atoms with Crippen molar-refractivity contribution in [3.63, 3.8) is 0 Å². The molecule has 0 aliphatic heterocycles. The molecule has 2 N–H and O–H groups in total. The summed E-state index contributed by atoms with van der Waals surface area (Å²) < 4.78 is 78.1. The molecule has 142 valence electrons. The van der Waals surface area contributed by atoms with Gasteiger partial charge in [0.25, 0.3) is 0 Å². The molecule has 0 aliphatic rings. The van der Waals surface area contributed by atoms with Crippen LogP contribution >= 0.6 is 0 Å². The molecule has 0 spiro atoms. The van der Waals surface area contributed by atoms with E-state index in [2.05, 4.69) is 4.98 Å². The Morgan fingerprint density at radius 2 is 1.78 bits per heavy atom. The predicted molar refractivity (Wildman–Crippen MR) is 90.1 cm³/mol. The van der Waals surface area contributed by atoms with Crippen molar-refractivity contribution >= 4 is 10.0 Å². The minimum Gasteiger partial charge on any atom is -0.298 e. The second kappa shape index (κ2) is 6.46. The van der Waals surface area contributed by atoms with Crippen molar-refractivity contribution in [2.45, 2.75) is 18.0 Å². The van der Waals surface area contributed by atoms with Crippen molar-refractivity contribution in [2.24, 2.45) is 5.14 Å². The van der Waals surface area contributed by atoms with Gasteiger partial charge in [-0.3, -0.25) is 4.57 Å². The lowest BCUT2D eigenvalue weighted by atomic mass is 10.1. The fraction of sp³-hybridized carbons (Fsp3) is 0.118. The molecule has 0 unspecified atom stereocenters. The third kappa shape index (κ3) is 3.86. The Morgan fingerprint density at radius 1 is 1.11 bits per heavy atom. The summed E-state index contributed by atoms with van der Waals surface area (Å²) in [6, 6.07) is 8.96. The lowest BCUT2D eigenvalue weighted by Crippen LogP contribution is -2.15. The number of para-hydroxylation sites is 1. The van der Waals surface area contributed by atoms with Crippen LogP contribution in [-0.4, -0.2) is 18.0 Å². The van der Waals surface area contributed by atoms with Crippen LogP contribution in [0.25, 0.3) is 17.1 Å². The van der Waals surface area contributed by atoms with Gasteiger partial charge < -0.3 is 0 Å². The van der Waals surface area contributed by atoms with Gasteiger partial charge in [0.2, 0.25) is 10.0 Å². The highest BCUT2D eigenvalue weighted by atomic mass is 32.2. The van der Waals surface area contributed by atoms with E-state index in [-0.39, 0.29) is 22.0 Å². The van der Waals surface area contributed by atoms with Crippen LogP contribution in [0, 0.1) is 12.7 Å². The number of aryl methyl sites for hydroxylation is 1. The minimum absolute atomic E-state index is 0.0622. The van der Waals surface area contributed by atoms with Gasteiger partial charge in [0.15, 0.2) is 5.69 Å². The van der Waals surface area contributed by atoms with Crippen molar-refractivity contribution in [2.75, 3.05) is 0 Å². The van der Waals surface area contributed by atoms with Crippen LogP contribution in [0.1, 0.15) is 11.3 Å². The number of aromatic nitrogens is 2. The van der Waals surface area contributed by atoms with Gasteiger partial charge in [-0.05, 0) is 42.8 Å². The van der Waals surface area contributed by atoms with Gasteiger partial charge in [0.1, 0.15) is 16.5 Å². The third-order valence-electron chi connectivity index (χ3n) is 3.73. The summed E-state index contributed by atoms with van der Waals surface area (Å²) in [5.74, 6) is -0.922. The molecule has 0 aliphatic carbocycles. The molecular formula is C17H13F4N3O2S. The molecule has 3 aromatic rings. The summed E-state index contributed by atoms with van der Waals surface area (Å²) in [6.07, 6.45) is -4.13. The molecule has 0 saturated carbocycles. The first-order valence-corrected chi connectivity index (χ1v) is 9.08. The van der Waals surface area contributed by atoms with Gasteiger partial charge in [0, 0.05) is 11.8 Å². The maximum absolute atomic E-state index is 13.8. The van der Waals surface area contributed by atoms with Crippen molar-refractivity contribution < 1.29 is 26.0 Å². The van der Waals surface area contributed by atoms with E-state index in [1.54, 1.807) is 6.92 Å². The number of imidazole rings is 1. The number of hydrogen-bond acceptors (Lipinski definition) is 3. The molecule has 0 fully saturated rings. The van der Waals surface area contributed by atoms with Gasteiger partial charge in [-0.1, -0.05) is 12.1 Å². The maximum Gasteiger partial charge on any atom is 0.434 e. The summed E-state index contributed by atoms with van der Waals surface area (Å²) in [4.78, 5) is 3.19. The smallest absolute Gasteiger partial charge is 0.298 e. The van der Waals surface area contributed by atoms with E-state index < -0.39 is 27.7 Å². The zero-order chi connectivity index (χ0) is 20.0. The Labute approximate surface area is 152 Å². The van der Waals surface area contributed by atoms with Crippen LogP contribution in [0.15, 0.2) is 53.6 Å². The Kier molecular flexibility index (Phi) is 4.56. The molecule has 3 rings (SSSR count). The molecule has 5 nitrogen and oxygen atoms in total. The minimum atomic E-state index is -4.78. The van der Waals surface area contributed by atoms with Crippen LogP contribution in [-0.2, 0) is 16.2 Å². The fourth-order valence-electron chi connectivity index (χ4n) is 2.67. The van der Waals surface area contributed by atoms with Crippen LogP contribution in [0.4, 0.5) is 17.6 Å². The Hall–Kier alpha value is -2.72. The topological polar surface area (TPSA) is 78.0 Å². The van der Waals surface area contributed by atoms with Gasteiger partial charge in [-0.25, -0.2) is 22.9 Å². The number of halogens is 4. The van der Waals surface area contributed by atoms with Crippen molar-refractivity contribution in [3.8, 4) is 17.1 Å². The number of primary sulfonamides is 1. The molecule has 2 aromatic carbocycles. The number of hydrogen-bond donors (Lipinski definition) is 1. The zero-order valence-corrected chi connectivity index (χ0v) is 14.6. The SMILES string of the molecule is Cc1cc(F)cc(-c2nc(C(F)(F)F)cn2-c2ccccc2S(N)(=O)=O)c1. The first-order chi connectivity index (χ1) is 12.5. The van der Waals surface area contributed by atoms with E-state index in [0.29, 0.717) is 11.8 Å². The standard InChI is InChI=1S/C17H13F4N3O2S/c1-10-6-11(8-12(18)7-10)16-23-15(17(19,20)21)9-24(16)13-4-2-3-5-14(13)27(22,25)26/h2-9H,1H3,(H2,22,25,26). The number of sulfonamides is 1. The zero-order valence-electron chi connectivity index (χ0n) is 13.8. The van der Waals surface area contributed by atoms with Crippen LogP contribution < -0.4 is 5.14 Å². The molecule has 0 saturated heterocycles. The lowest BCUT2D eigenvalue weighted by molar-refractivity contribution is -0.140. The molecule has 1 heterocycles. The fourth-order valence-corrected chi connectivity index (χ4v) is 3.39. The first kappa shape index (κ1) is 19.1. The maximum atomic E-state index is 13.8. The number of rotatable bonds is 3. The summed E-state index contributed by atoms with van der Waals surface area (Å²) in [7, 11) is -4.23. The van der Waals surface area contributed by atoms with Crippen LogP contribution in [0.5, 0.6) is 0 Å². The Bertz CT molecular complexity index is 1100. The van der Waals surface area contributed by atoms with Crippen molar-refractivity contribution in [1.29, 1.82) is 0 Å². The van der Waals surface area contributed by atoms with E-state index in [4.69, 9.17) is 5.14 Å². The van der Waals surface area contributed by atoms with E-state index in [1.165, 1.54) is 36.4 Å². The Morgan fingerprint density at radius 3 is 2.37 bits per heavy atom. The average Bonchev–Trinajstić information content (AvgIpc) is 2.98. The summed E-state index contributed by atoms with van der Waals surface area (Å²) in [5.41, 5.74) is -0.844. The monoisotopic (exact) mass is 399 g/mol. The molecule has 0 bridgehead atoms. The lowest BCUT2D eigenvalue weighted by Gasteiger charge is -2.12. The summed E-state index contributed by atoms with van der Waals surface area (Å²) in [5, 5.41) is 5.18. The first-order valence-electron chi connectivity index (χ1n) is 7.53. The second-order valence-corrected chi connectivity index (χ2v) is 7.38.